The number of anilines is 2. The molecule has 110 valence electrons. The van der Waals surface area contributed by atoms with Crippen LogP contribution in [0.15, 0.2) is 42.5 Å². The highest BCUT2D eigenvalue weighted by atomic mass is 16.5. The number of nitrogens with zero attached hydrogens (tertiary/aromatic N) is 1. The van der Waals surface area contributed by atoms with Gasteiger partial charge < -0.3 is 20.5 Å². The molecule has 0 fully saturated rings. The van der Waals surface area contributed by atoms with Gasteiger partial charge in [0.15, 0.2) is 11.5 Å². The van der Waals surface area contributed by atoms with Crippen LogP contribution in [0, 0.1) is 0 Å². The number of hydrogen-bond donors (Lipinski definition) is 2. The van der Waals surface area contributed by atoms with E-state index in [-0.39, 0.29) is 23.0 Å². The van der Waals surface area contributed by atoms with E-state index in [1.165, 1.54) is 12.0 Å². The first-order chi connectivity index (χ1) is 10.1. The molecule has 0 aliphatic rings. The van der Waals surface area contributed by atoms with Gasteiger partial charge >= 0.3 is 0 Å². The third-order valence-electron chi connectivity index (χ3n) is 3.24. The Labute approximate surface area is 123 Å². The maximum absolute atomic E-state index is 12.7. The summed E-state index contributed by atoms with van der Waals surface area (Å²) in [6.07, 6.45) is 0. The molecule has 3 N–H and O–H groups in total. The van der Waals surface area contributed by atoms with E-state index in [4.69, 9.17) is 10.5 Å². The number of nitrogens with two attached hydrogens (primary N) is 1. The maximum atomic E-state index is 12.7. The summed E-state index contributed by atoms with van der Waals surface area (Å²) in [7, 11) is 1.44. The Kier molecular flexibility index (Phi) is 4.33. The van der Waals surface area contributed by atoms with Crippen LogP contribution in [-0.4, -0.2) is 24.7 Å². The Balaban J connectivity index is 2.45. The number of hydrogen-bond acceptors (Lipinski definition) is 4. The van der Waals surface area contributed by atoms with Gasteiger partial charge in [-0.3, -0.25) is 4.79 Å². The van der Waals surface area contributed by atoms with E-state index in [2.05, 4.69) is 0 Å². The lowest BCUT2D eigenvalue weighted by atomic mass is 10.1. The second-order valence-electron chi connectivity index (χ2n) is 4.46. The van der Waals surface area contributed by atoms with Crippen LogP contribution in [-0.2, 0) is 0 Å². The number of ether oxygens (including phenoxy) is 1. The Hall–Kier alpha value is -2.69. The van der Waals surface area contributed by atoms with Crippen molar-refractivity contribution in [3.05, 3.63) is 48.0 Å². The molecule has 0 radical (unpaired) electrons. The van der Waals surface area contributed by atoms with Crippen LogP contribution in [0.4, 0.5) is 11.4 Å². The molecule has 21 heavy (non-hydrogen) atoms. The zero-order valence-electron chi connectivity index (χ0n) is 12.0. The van der Waals surface area contributed by atoms with Gasteiger partial charge in [0.1, 0.15) is 0 Å². The number of methoxy groups -OCH3 is 1. The smallest absolute Gasteiger partial charge is 0.262 e. The van der Waals surface area contributed by atoms with Crippen molar-refractivity contribution in [2.24, 2.45) is 0 Å². The molecular weight excluding hydrogens is 268 g/mol. The number of rotatable bonds is 4. The number of amides is 1. The summed E-state index contributed by atoms with van der Waals surface area (Å²) in [5.41, 5.74) is 7.23. The van der Waals surface area contributed by atoms with Crippen LogP contribution < -0.4 is 15.4 Å². The van der Waals surface area contributed by atoms with Crippen LogP contribution in [0.2, 0.25) is 0 Å². The second-order valence-corrected chi connectivity index (χ2v) is 4.46. The highest BCUT2D eigenvalue weighted by Gasteiger charge is 2.22. The molecule has 2 aromatic carbocycles. The molecule has 0 saturated heterocycles. The van der Waals surface area contributed by atoms with Crippen LogP contribution in [0.25, 0.3) is 0 Å². The van der Waals surface area contributed by atoms with Crippen molar-refractivity contribution in [3.8, 4) is 11.5 Å². The average Bonchev–Trinajstić information content (AvgIpc) is 2.50. The summed E-state index contributed by atoms with van der Waals surface area (Å²) < 4.78 is 5.03. The molecule has 1 amide bonds. The van der Waals surface area contributed by atoms with E-state index >= 15 is 0 Å². The first-order valence-corrected chi connectivity index (χ1v) is 6.62. The molecule has 0 aromatic heterocycles. The van der Waals surface area contributed by atoms with Gasteiger partial charge in [0, 0.05) is 6.54 Å². The average molecular weight is 286 g/mol. The van der Waals surface area contributed by atoms with Crippen molar-refractivity contribution in [2.45, 2.75) is 6.92 Å². The highest BCUT2D eigenvalue weighted by molar-refractivity contribution is 6.09. The molecule has 0 bridgehead atoms. The lowest BCUT2D eigenvalue weighted by molar-refractivity contribution is 0.0985. The fourth-order valence-electron chi connectivity index (χ4n) is 2.16. The molecule has 0 aliphatic heterocycles. The Morgan fingerprint density at radius 1 is 1.24 bits per heavy atom. The van der Waals surface area contributed by atoms with Gasteiger partial charge in [-0.25, -0.2) is 0 Å². The fourth-order valence-corrected chi connectivity index (χ4v) is 2.16. The predicted molar refractivity (Wildman–Crippen MR) is 82.9 cm³/mol. The number of para-hydroxylation sites is 3. The number of nitrogen functional groups attached to an aromatic ring is 1. The van der Waals surface area contributed by atoms with E-state index in [9.17, 15) is 9.90 Å². The summed E-state index contributed by atoms with van der Waals surface area (Å²) >= 11 is 0. The Morgan fingerprint density at radius 3 is 2.57 bits per heavy atom. The molecule has 0 heterocycles. The summed E-state index contributed by atoms with van der Waals surface area (Å²) in [6.45, 7) is 2.28. The molecule has 2 rings (SSSR count). The topological polar surface area (TPSA) is 75.8 Å². The number of aromatic hydroxyl groups is 1. The van der Waals surface area contributed by atoms with Crippen molar-refractivity contribution in [3.63, 3.8) is 0 Å². The van der Waals surface area contributed by atoms with E-state index in [0.717, 1.165) is 0 Å². The van der Waals surface area contributed by atoms with E-state index in [0.29, 0.717) is 17.9 Å². The Bertz CT molecular complexity index is 656. The number of benzene rings is 2. The van der Waals surface area contributed by atoms with Crippen molar-refractivity contribution in [1.29, 1.82) is 0 Å². The fraction of sp³-hybridized carbons (Fsp3) is 0.188. The maximum Gasteiger partial charge on any atom is 0.262 e. The quantitative estimate of drug-likeness (QED) is 0.847. The molecular formula is C16H18N2O3. The van der Waals surface area contributed by atoms with Crippen LogP contribution in [0.5, 0.6) is 11.5 Å². The van der Waals surface area contributed by atoms with Gasteiger partial charge in [-0.2, -0.15) is 0 Å². The lowest BCUT2D eigenvalue weighted by Crippen LogP contribution is -2.31. The number of phenols is 1. The molecule has 0 saturated carbocycles. The van der Waals surface area contributed by atoms with Crippen LogP contribution in [0.1, 0.15) is 17.3 Å². The first-order valence-electron chi connectivity index (χ1n) is 6.62. The van der Waals surface area contributed by atoms with E-state index in [1.54, 1.807) is 36.4 Å². The van der Waals surface area contributed by atoms with Gasteiger partial charge in [-0.1, -0.05) is 18.2 Å². The third kappa shape index (κ3) is 2.76. The van der Waals surface area contributed by atoms with Crippen LogP contribution >= 0.6 is 0 Å². The molecule has 0 aliphatic carbocycles. The minimum Gasteiger partial charge on any atom is -0.504 e. The summed E-state index contributed by atoms with van der Waals surface area (Å²) in [5, 5.41) is 10.1. The number of carbonyl (C=O) groups is 1. The summed E-state index contributed by atoms with van der Waals surface area (Å²) in [5.74, 6) is -0.234. The summed E-state index contributed by atoms with van der Waals surface area (Å²) in [6, 6.07) is 11.9. The van der Waals surface area contributed by atoms with Crippen molar-refractivity contribution >= 4 is 17.3 Å². The molecule has 5 nitrogen and oxygen atoms in total. The molecule has 2 aromatic rings. The second kappa shape index (κ2) is 6.17. The van der Waals surface area contributed by atoms with Gasteiger partial charge in [-0.15, -0.1) is 0 Å². The first kappa shape index (κ1) is 14.7. The van der Waals surface area contributed by atoms with E-state index < -0.39 is 0 Å². The van der Waals surface area contributed by atoms with Crippen molar-refractivity contribution in [2.75, 3.05) is 24.3 Å². The minimum absolute atomic E-state index is 0.169. The van der Waals surface area contributed by atoms with Crippen molar-refractivity contribution < 1.29 is 14.6 Å². The van der Waals surface area contributed by atoms with Crippen LogP contribution in [0.3, 0.4) is 0 Å². The standard InChI is InChI=1S/C16H18N2O3/c1-3-18(13-9-5-4-8-12(13)17)16(20)11-7-6-10-14(21-2)15(11)19/h4-10,19H,3,17H2,1-2H3. The summed E-state index contributed by atoms with van der Waals surface area (Å²) in [4.78, 5) is 14.2. The Morgan fingerprint density at radius 2 is 1.95 bits per heavy atom. The zero-order valence-corrected chi connectivity index (χ0v) is 12.0. The minimum atomic E-state index is -0.327. The molecule has 5 heteroatoms. The molecule has 0 unspecified atom stereocenters. The molecule has 0 atom stereocenters. The van der Waals surface area contributed by atoms with Gasteiger partial charge in [-0.05, 0) is 31.2 Å². The molecule has 0 spiro atoms. The zero-order chi connectivity index (χ0) is 15.4. The number of phenolic OH excluding ortho intramolecular Hbond substituents is 1. The van der Waals surface area contributed by atoms with Gasteiger partial charge in [0.2, 0.25) is 0 Å². The number of carbonyl (C=O) groups excluding carboxylic acids is 1. The van der Waals surface area contributed by atoms with Gasteiger partial charge in [0.25, 0.3) is 5.91 Å². The van der Waals surface area contributed by atoms with E-state index in [1.807, 2.05) is 13.0 Å². The lowest BCUT2D eigenvalue weighted by Gasteiger charge is -2.23. The predicted octanol–water partition coefficient (Wildman–Crippen LogP) is 2.65. The SMILES string of the molecule is CCN(C(=O)c1cccc(OC)c1O)c1ccccc1N. The van der Waals surface area contributed by atoms with Crippen molar-refractivity contribution in [1.82, 2.24) is 0 Å². The third-order valence-corrected chi connectivity index (χ3v) is 3.24. The highest BCUT2D eigenvalue weighted by Crippen LogP contribution is 2.32. The monoisotopic (exact) mass is 286 g/mol. The normalized spacial score (nSPS) is 10.2. The largest absolute Gasteiger partial charge is 0.504 e. The van der Waals surface area contributed by atoms with Gasteiger partial charge in [0.05, 0.1) is 24.0 Å².